The van der Waals surface area contributed by atoms with Crippen molar-refractivity contribution in [3.05, 3.63) is 89.5 Å². The number of phenolic OH excluding ortho intramolecular Hbond substituents is 3. The van der Waals surface area contributed by atoms with Gasteiger partial charge in [0.15, 0.2) is 0 Å². The molecule has 0 radical (unpaired) electrons. The summed E-state index contributed by atoms with van der Waals surface area (Å²) >= 11 is 0. The molecule has 0 aliphatic heterocycles. The lowest BCUT2D eigenvalue weighted by Gasteiger charge is -2.30. The summed E-state index contributed by atoms with van der Waals surface area (Å²) in [6, 6.07) is 17.7. The van der Waals surface area contributed by atoms with Crippen LogP contribution in [0.4, 0.5) is 0 Å². The Balaban J connectivity index is 1.70. The molecule has 0 unspecified atom stereocenters. The number of carbonyl (C=O) groups is 3. The summed E-state index contributed by atoms with van der Waals surface area (Å²) in [5.74, 6) is -1.41. The number of aromatic hydroxyl groups is 3. The second-order valence-corrected chi connectivity index (χ2v) is 8.51. The largest absolute Gasteiger partial charge is 0.508 e. The van der Waals surface area contributed by atoms with Gasteiger partial charge in [0.05, 0.1) is 0 Å². The van der Waals surface area contributed by atoms with E-state index in [4.69, 9.17) is 0 Å². The summed E-state index contributed by atoms with van der Waals surface area (Å²) < 4.78 is 0. The van der Waals surface area contributed by atoms with Crippen LogP contribution in [-0.2, 0) is 0 Å². The maximum absolute atomic E-state index is 12.6. The van der Waals surface area contributed by atoms with E-state index < -0.39 is 23.1 Å². The minimum atomic E-state index is -0.814. The Kier molecular flexibility index (Phi) is 7.93. The van der Waals surface area contributed by atoms with Crippen molar-refractivity contribution in [2.24, 2.45) is 5.41 Å². The first-order valence-electron chi connectivity index (χ1n) is 10.9. The van der Waals surface area contributed by atoms with Crippen molar-refractivity contribution in [2.75, 3.05) is 19.6 Å². The third kappa shape index (κ3) is 7.23. The highest BCUT2D eigenvalue weighted by molar-refractivity contribution is 5.96. The van der Waals surface area contributed by atoms with Crippen LogP contribution < -0.4 is 16.0 Å². The van der Waals surface area contributed by atoms with Gasteiger partial charge in [0.25, 0.3) is 17.7 Å². The summed E-state index contributed by atoms with van der Waals surface area (Å²) in [7, 11) is 0. The van der Waals surface area contributed by atoms with E-state index in [-0.39, 0.29) is 53.6 Å². The third-order valence-electron chi connectivity index (χ3n) is 5.35. The van der Waals surface area contributed by atoms with Crippen molar-refractivity contribution in [1.82, 2.24) is 16.0 Å². The fraction of sp³-hybridized carbons (Fsp3) is 0.192. The molecule has 9 nitrogen and oxygen atoms in total. The first-order valence-corrected chi connectivity index (χ1v) is 10.9. The number of hydrogen-bond acceptors (Lipinski definition) is 6. The molecule has 0 aromatic heterocycles. The molecule has 35 heavy (non-hydrogen) atoms. The fourth-order valence-electron chi connectivity index (χ4n) is 3.32. The van der Waals surface area contributed by atoms with Gasteiger partial charge in [-0.1, -0.05) is 25.1 Å². The molecular formula is C26H27N3O6. The van der Waals surface area contributed by atoms with Crippen LogP contribution in [0.2, 0.25) is 0 Å². The Morgan fingerprint density at radius 3 is 1.14 bits per heavy atom. The Hall–Kier alpha value is -4.53. The van der Waals surface area contributed by atoms with Crippen molar-refractivity contribution in [2.45, 2.75) is 6.92 Å². The fourth-order valence-corrected chi connectivity index (χ4v) is 3.32. The van der Waals surface area contributed by atoms with Crippen molar-refractivity contribution in [1.29, 1.82) is 0 Å². The highest BCUT2D eigenvalue weighted by Crippen LogP contribution is 2.17. The average molecular weight is 478 g/mol. The molecule has 9 heteroatoms. The van der Waals surface area contributed by atoms with Crippen LogP contribution in [0.5, 0.6) is 17.2 Å². The zero-order valence-corrected chi connectivity index (χ0v) is 19.1. The summed E-state index contributed by atoms with van der Waals surface area (Å²) in [4.78, 5) is 37.8. The van der Waals surface area contributed by atoms with Crippen molar-refractivity contribution >= 4 is 17.7 Å². The zero-order valence-electron chi connectivity index (χ0n) is 19.1. The van der Waals surface area contributed by atoms with E-state index in [1.807, 2.05) is 0 Å². The van der Waals surface area contributed by atoms with E-state index in [0.717, 1.165) is 0 Å². The van der Waals surface area contributed by atoms with Gasteiger partial charge in [0.2, 0.25) is 0 Å². The molecule has 182 valence electrons. The van der Waals surface area contributed by atoms with Crippen LogP contribution in [0.1, 0.15) is 38.0 Å². The van der Waals surface area contributed by atoms with Crippen molar-refractivity contribution in [3.8, 4) is 17.2 Å². The molecule has 0 spiro atoms. The first kappa shape index (κ1) is 25.1. The Morgan fingerprint density at radius 2 is 0.886 bits per heavy atom. The van der Waals surface area contributed by atoms with E-state index in [1.165, 1.54) is 36.4 Å². The van der Waals surface area contributed by atoms with Crippen LogP contribution in [0.3, 0.4) is 0 Å². The Labute approximate surface area is 202 Å². The molecule has 3 aromatic rings. The number of nitrogens with one attached hydrogen (secondary N) is 3. The second-order valence-electron chi connectivity index (χ2n) is 8.51. The molecule has 3 amide bonds. The highest BCUT2D eigenvalue weighted by Gasteiger charge is 2.27. The first-order chi connectivity index (χ1) is 16.6. The molecular weight excluding hydrogens is 450 g/mol. The quantitative estimate of drug-likeness (QED) is 0.279. The number of rotatable bonds is 9. The second kappa shape index (κ2) is 11.1. The zero-order chi connectivity index (χ0) is 25.4. The maximum Gasteiger partial charge on any atom is 0.251 e. The number of hydrogen-bond donors (Lipinski definition) is 6. The summed E-state index contributed by atoms with van der Waals surface area (Å²) in [5.41, 5.74) is -0.0225. The number of phenols is 3. The molecule has 0 aliphatic carbocycles. The monoisotopic (exact) mass is 477 g/mol. The normalized spacial score (nSPS) is 10.9. The number of benzene rings is 3. The molecule has 0 aliphatic rings. The lowest BCUT2D eigenvalue weighted by molar-refractivity contribution is 0.0895. The van der Waals surface area contributed by atoms with Gasteiger partial charge in [-0.25, -0.2) is 0 Å². The topological polar surface area (TPSA) is 148 Å². The van der Waals surface area contributed by atoms with Gasteiger partial charge in [-0.05, 0) is 54.6 Å². The summed E-state index contributed by atoms with van der Waals surface area (Å²) in [5, 5.41) is 37.2. The van der Waals surface area contributed by atoms with Gasteiger partial charge in [-0.15, -0.1) is 0 Å². The van der Waals surface area contributed by atoms with Gasteiger partial charge in [0.1, 0.15) is 17.2 Å². The van der Waals surface area contributed by atoms with Crippen molar-refractivity contribution < 1.29 is 29.7 Å². The van der Waals surface area contributed by atoms with E-state index in [2.05, 4.69) is 16.0 Å². The molecule has 3 rings (SSSR count). The average Bonchev–Trinajstić information content (AvgIpc) is 2.84. The maximum atomic E-state index is 12.6. The van der Waals surface area contributed by atoms with E-state index in [0.29, 0.717) is 0 Å². The van der Waals surface area contributed by atoms with E-state index in [9.17, 15) is 29.7 Å². The van der Waals surface area contributed by atoms with Gasteiger partial charge in [-0.3, -0.25) is 14.4 Å². The molecule has 3 aromatic carbocycles. The van der Waals surface area contributed by atoms with E-state index >= 15 is 0 Å². The molecule has 0 fully saturated rings. The minimum absolute atomic E-state index is 0.0443. The Morgan fingerprint density at radius 1 is 0.600 bits per heavy atom. The molecule has 0 bridgehead atoms. The lowest BCUT2D eigenvalue weighted by Crippen LogP contribution is -2.50. The summed E-state index contributed by atoms with van der Waals surface area (Å²) in [6.07, 6.45) is 0. The molecule has 6 N–H and O–H groups in total. The highest BCUT2D eigenvalue weighted by atomic mass is 16.3. The van der Waals surface area contributed by atoms with Crippen LogP contribution in [0, 0.1) is 5.41 Å². The number of carbonyl (C=O) groups excluding carboxylic acids is 3. The minimum Gasteiger partial charge on any atom is -0.508 e. The van der Waals surface area contributed by atoms with Gasteiger partial charge < -0.3 is 31.3 Å². The predicted octanol–water partition coefficient (Wildman–Crippen LogP) is 2.40. The summed E-state index contributed by atoms with van der Waals surface area (Å²) in [6.45, 7) is 2.04. The van der Waals surface area contributed by atoms with Crippen LogP contribution in [0.25, 0.3) is 0 Å². The van der Waals surface area contributed by atoms with Gasteiger partial charge >= 0.3 is 0 Å². The van der Waals surface area contributed by atoms with Crippen LogP contribution in [-0.4, -0.2) is 52.7 Å². The lowest BCUT2D eigenvalue weighted by atomic mass is 9.89. The smallest absolute Gasteiger partial charge is 0.251 e. The Bertz CT molecular complexity index is 1080. The van der Waals surface area contributed by atoms with Crippen LogP contribution >= 0.6 is 0 Å². The molecule has 0 heterocycles. The third-order valence-corrected chi connectivity index (χ3v) is 5.35. The van der Waals surface area contributed by atoms with Crippen LogP contribution in [0.15, 0.2) is 72.8 Å². The van der Waals surface area contributed by atoms with E-state index in [1.54, 1.807) is 43.3 Å². The van der Waals surface area contributed by atoms with Crippen molar-refractivity contribution in [3.63, 3.8) is 0 Å². The predicted molar refractivity (Wildman–Crippen MR) is 129 cm³/mol. The van der Waals surface area contributed by atoms with Gasteiger partial charge in [0, 0.05) is 41.7 Å². The molecule has 0 atom stereocenters. The standard InChI is InChI=1S/C26H27N3O6/c1-26(14-27-23(33)17-5-2-8-20(30)11-17,15-28-24(34)18-6-3-9-21(31)12-18)16-29-25(35)19-7-4-10-22(32)13-19/h2-13,30-32H,14-16H2,1H3,(H,27,33)(H,28,34)(H,29,35). The molecule has 0 saturated carbocycles. The SMILES string of the molecule is CC(CNC(=O)c1cccc(O)c1)(CNC(=O)c1cccc(O)c1)CNC(=O)c1cccc(O)c1. The molecule has 0 saturated heterocycles. The van der Waals surface area contributed by atoms with Gasteiger partial charge in [-0.2, -0.15) is 0 Å². The number of amides is 3.